The molecule has 0 radical (unpaired) electrons. The fourth-order valence-electron chi connectivity index (χ4n) is 2.69. The van der Waals surface area contributed by atoms with Crippen molar-refractivity contribution in [3.05, 3.63) is 29.6 Å². The first-order chi connectivity index (χ1) is 9.80. The Balaban J connectivity index is 1.94. The average Bonchev–Trinajstić information content (AvgIpc) is 2.45. The van der Waals surface area contributed by atoms with Gasteiger partial charge in [-0.15, -0.1) is 0 Å². The highest BCUT2D eigenvalue weighted by atomic mass is 16.5. The average molecular weight is 292 g/mol. The summed E-state index contributed by atoms with van der Waals surface area (Å²) in [6, 6.07) is 3.53. The van der Waals surface area contributed by atoms with E-state index in [1.54, 1.807) is 18.3 Å². The number of hydrogen-bond acceptors (Lipinski definition) is 4. The SMILES string of the molecule is CCO[C@H]1C[C@@](O)(CNC(=O)c2ccc(C)nc2)C1(C)C. The molecule has 116 valence electrons. The smallest absolute Gasteiger partial charge is 0.252 e. The molecule has 1 aromatic rings. The molecule has 1 aromatic heterocycles. The molecule has 0 aliphatic heterocycles. The highest BCUT2D eigenvalue weighted by molar-refractivity contribution is 5.93. The molecule has 0 saturated heterocycles. The molecule has 1 amide bonds. The number of carbonyl (C=O) groups is 1. The molecule has 0 unspecified atom stereocenters. The second-order valence-corrected chi connectivity index (χ2v) is 6.27. The van der Waals surface area contributed by atoms with Gasteiger partial charge in [0.05, 0.1) is 17.3 Å². The number of nitrogens with zero attached hydrogens (tertiary/aromatic N) is 1. The maximum atomic E-state index is 12.1. The molecule has 2 N–H and O–H groups in total. The van der Waals surface area contributed by atoms with E-state index in [2.05, 4.69) is 10.3 Å². The lowest BCUT2D eigenvalue weighted by Crippen LogP contribution is -2.68. The molecule has 5 heteroatoms. The van der Waals surface area contributed by atoms with Gasteiger partial charge in [0.25, 0.3) is 5.91 Å². The fourth-order valence-corrected chi connectivity index (χ4v) is 2.69. The number of pyridine rings is 1. The molecule has 0 aromatic carbocycles. The van der Waals surface area contributed by atoms with Gasteiger partial charge in [-0.25, -0.2) is 0 Å². The van der Waals surface area contributed by atoms with Gasteiger partial charge in [-0.2, -0.15) is 0 Å². The van der Waals surface area contributed by atoms with Gasteiger partial charge >= 0.3 is 0 Å². The van der Waals surface area contributed by atoms with Crippen LogP contribution in [-0.4, -0.2) is 40.9 Å². The van der Waals surface area contributed by atoms with Gasteiger partial charge in [0.2, 0.25) is 0 Å². The quantitative estimate of drug-likeness (QED) is 0.866. The number of carbonyl (C=O) groups excluding carboxylic acids is 1. The van der Waals surface area contributed by atoms with E-state index >= 15 is 0 Å². The minimum atomic E-state index is -0.930. The molecule has 2 atom stereocenters. The predicted molar refractivity (Wildman–Crippen MR) is 80.1 cm³/mol. The van der Waals surface area contributed by atoms with Gasteiger partial charge in [-0.05, 0) is 26.0 Å². The Morgan fingerprint density at radius 2 is 2.24 bits per heavy atom. The van der Waals surface area contributed by atoms with E-state index in [0.29, 0.717) is 18.6 Å². The summed E-state index contributed by atoms with van der Waals surface area (Å²) < 4.78 is 5.61. The Kier molecular flexibility index (Phi) is 4.35. The van der Waals surface area contributed by atoms with E-state index in [9.17, 15) is 9.90 Å². The molecule has 1 aliphatic rings. The largest absolute Gasteiger partial charge is 0.387 e. The molecule has 0 bridgehead atoms. The summed E-state index contributed by atoms with van der Waals surface area (Å²) in [5, 5.41) is 13.5. The molecular formula is C16H24N2O3. The number of rotatable bonds is 5. The van der Waals surface area contributed by atoms with Crippen LogP contribution >= 0.6 is 0 Å². The monoisotopic (exact) mass is 292 g/mol. The first-order valence-corrected chi connectivity index (χ1v) is 7.35. The van der Waals surface area contributed by atoms with Gasteiger partial charge in [0.15, 0.2) is 0 Å². The first kappa shape index (κ1) is 15.9. The van der Waals surface area contributed by atoms with Crippen LogP contribution in [-0.2, 0) is 4.74 Å². The van der Waals surface area contributed by atoms with Crippen molar-refractivity contribution in [1.82, 2.24) is 10.3 Å². The van der Waals surface area contributed by atoms with E-state index in [1.807, 2.05) is 27.7 Å². The van der Waals surface area contributed by atoms with Crippen molar-refractivity contribution >= 4 is 5.91 Å². The van der Waals surface area contributed by atoms with Crippen LogP contribution < -0.4 is 5.32 Å². The Morgan fingerprint density at radius 3 is 2.76 bits per heavy atom. The van der Waals surface area contributed by atoms with E-state index in [0.717, 1.165) is 5.69 Å². The third-order valence-electron chi connectivity index (χ3n) is 4.61. The minimum Gasteiger partial charge on any atom is -0.387 e. The van der Waals surface area contributed by atoms with Crippen LogP contribution in [0.5, 0.6) is 0 Å². The van der Waals surface area contributed by atoms with E-state index in [4.69, 9.17) is 4.74 Å². The maximum absolute atomic E-state index is 12.1. The second-order valence-electron chi connectivity index (χ2n) is 6.27. The molecule has 1 heterocycles. The number of aliphatic hydroxyl groups is 1. The summed E-state index contributed by atoms with van der Waals surface area (Å²) >= 11 is 0. The molecular weight excluding hydrogens is 268 g/mol. The van der Waals surface area contributed by atoms with E-state index in [1.165, 1.54) is 0 Å². The Hall–Kier alpha value is -1.46. The number of hydrogen-bond donors (Lipinski definition) is 2. The number of amides is 1. The third kappa shape index (κ3) is 2.94. The van der Waals surface area contributed by atoms with E-state index < -0.39 is 5.60 Å². The lowest BCUT2D eigenvalue weighted by molar-refractivity contribution is -0.237. The second kappa shape index (κ2) is 5.73. The fraction of sp³-hybridized carbons (Fsp3) is 0.625. The summed E-state index contributed by atoms with van der Waals surface area (Å²) in [7, 11) is 0. The van der Waals surface area contributed by atoms with Crippen LogP contribution in [0.2, 0.25) is 0 Å². The van der Waals surface area contributed by atoms with E-state index in [-0.39, 0.29) is 24.0 Å². The summed E-state index contributed by atoms with van der Waals surface area (Å²) in [4.78, 5) is 16.2. The zero-order chi connectivity index (χ0) is 15.7. The van der Waals surface area contributed by atoms with Crippen molar-refractivity contribution in [3.63, 3.8) is 0 Å². The Labute approximate surface area is 125 Å². The molecule has 1 saturated carbocycles. The molecule has 2 rings (SSSR count). The summed E-state index contributed by atoms with van der Waals surface area (Å²) in [6.07, 6.45) is 2.12. The van der Waals surface area contributed by atoms with Gasteiger partial charge in [0.1, 0.15) is 0 Å². The molecule has 0 spiro atoms. The highest BCUT2D eigenvalue weighted by Gasteiger charge is 2.59. The highest BCUT2D eigenvalue weighted by Crippen LogP contribution is 2.50. The zero-order valence-electron chi connectivity index (χ0n) is 13.1. The number of nitrogens with one attached hydrogen (secondary N) is 1. The van der Waals surface area contributed by atoms with Crippen molar-refractivity contribution in [1.29, 1.82) is 0 Å². The van der Waals surface area contributed by atoms with Gasteiger partial charge in [-0.3, -0.25) is 9.78 Å². The topological polar surface area (TPSA) is 71.5 Å². The predicted octanol–water partition coefficient (Wildman–Crippen LogP) is 1.69. The summed E-state index contributed by atoms with van der Waals surface area (Å²) in [5.74, 6) is -0.216. The molecule has 1 fully saturated rings. The molecule has 1 aliphatic carbocycles. The summed E-state index contributed by atoms with van der Waals surface area (Å²) in [5.41, 5.74) is 0.0650. The van der Waals surface area contributed by atoms with Crippen molar-refractivity contribution in [2.24, 2.45) is 5.41 Å². The van der Waals surface area contributed by atoms with Crippen molar-refractivity contribution in [2.75, 3.05) is 13.2 Å². The normalized spacial score (nSPS) is 27.0. The van der Waals surface area contributed by atoms with Crippen molar-refractivity contribution < 1.29 is 14.6 Å². The van der Waals surface area contributed by atoms with Crippen LogP contribution in [0.15, 0.2) is 18.3 Å². The first-order valence-electron chi connectivity index (χ1n) is 7.35. The third-order valence-corrected chi connectivity index (χ3v) is 4.61. The zero-order valence-corrected chi connectivity index (χ0v) is 13.1. The molecule has 21 heavy (non-hydrogen) atoms. The van der Waals surface area contributed by atoms with Crippen LogP contribution in [0.25, 0.3) is 0 Å². The number of aromatic nitrogens is 1. The van der Waals surface area contributed by atoms with Gasteiger partial charge < -0.3 is 15.2 Å². The summed E-state index contributed by atoms with van der Waals surface area (Å²) in [6.45, 7) is 8.60. The Bertz CT molecular complexity index is 513. The lowest BCUT2D eigenvalue weighted by atomic mass is 9.56. The Morgan fingerprint density at radius 1 is 1.52 bits per heavy atom. The van der Waals surface area contributed by atoms with Gasteiger partial charge in [0, 0.05) is 36.9 Å². The minimum absolute atomic E-state index is 0.0328. The van der Waals surface area contributed by atoms with Crippen molar-refractivity contribution in [2.45, 2.75) is 45.8 Å². The van der Waals surface area contributed by atoms with Crippen LogP contribution in [0.3, 0.4) is 0 Å². The van der Waals surface area contributed by atoms with Crippen LogP contribution in [0, 0.1) is 12.3 Å². The van der Waals surface area contributed by atoms with Crippen molar-refractivity contribution in [3.8, 4) is 0 Å². The maximum Gasteiger partial charge on any atom is 0.252 e. The standard InChI is InChI=1S/C16H24N2O3/c1-5-21-13-8-16(20,15(13,3)4)10-18-14(19)12-7-6-11(2)17-9-12/h6-7,9,13,20H,5,8,10H2,1-4H3,(H,18,19)/t13-,16+/m0/s1. The van der Waals surface area contributed by atoms with Crippen LogP contribution in [0.4, 0.5) is 0 Å². The number of aryl methyl sites for hydroxylation is 1. The van der Waals surface area contributed by atoms with Gasteiger partial charge in [-0.1, -0.05) is 13.8 Å². The molecule has 5 nitrogen and oxygen atoms in total. The number of ether oxygens (including phenoxy) is 1. The van der Waals surface area contributed by atoms with Crippen LogP contribution in [0.1, 0.15) is 43.2 Å². The lowest BCUT2D eigenvalue weighted by Gasteiger charge is -2.57.